The summed E-state index contributed by atoms with van der Waals surface area (Å²) in [5.41, 5.74) is 1.60. The number of hydrogen-bond donors (Lipinski definition) is 0. The van der Waals surface area contributed by atoms with Gasteiger partial charge in [0.1, 0.15) is 22.7 Å². The van der Waals surface area contributed by atoms with Crippen LogP contribution < -0.4 is 4.74 Å². The summed E-state index contributed by atoms with van der Waals surface area (Å²) in [5, 5.41) is 18.6. The van der Waals surface area contributed by atoms with Crippen LogP contribution in [-0.2, 0) is 68.5 Å². The first-order chi connectivity index (χ1) is 53.5. The number of hydrogen-bond acceptors (Lipinski definition) is 12. The molecule has 0 bridgehead atoms. The summed E-state index contributed by atoms with van der Waals surface area (Å²) >= 11 is 6.08. The summed E-state index contributed by atoms with van der Waals surface area (Å²) in [5.74, 6) is -0.280. The lowest BCUT2D eigenvalue weighted by Crippen LogP contribution is -2.38. The lowest BCUT2D eigenvalue weighted by atomic mass is 9.86. The lowest BCUT2D eigenvalue weighted by Gasteiger charge is -2.36. The predicted molar refractivity (Wildman–Crippen MR) is 412 cm³/mol. The fourth-order valence-corrected chi connectivity index (χ4v) is 16.8. The Hall–Kier alpha value is -10.3. The summed E-state index contributed by atoms with van der Waals surface area (Å²) in [7, 11) is 6.48. The fraction of sp³-hybridized carbons (Fsp3) is 0.442. The van der Waals surface area contributed by atoms with Crippen molar-refractivity contribution in [1.82, 2.24) is 43.4 Å². The van der Waals surface area contributed by atoms with Gasteiger partial charge in [0, 0.05) is 173 Å². The van der Waals surface area contributed by atoms with Crippen molar-refractivity contribution in [3.8, 4) is 17.9 Å². The first-order valence-corrected chi connectivity index (χ1v) is 38.5. The summed E-state index contributed by atoms with van der Waals surface area (Å²) in [6.45, 7) is 15.8. The van der Waals surface area contributed by atoms with Crippen LogP contribution in [0.1, 0.15) is 215 Å². The molecule has 3 saturated heterocycles. The average molecular weight is 1580 g/mol. The zero-order chi connectivity index (χ0) is 81.7. The second-order valence-corrected chi connectivity index (χ2v) is 31.3. The molecule has 0 radical (unpaired) electrons. The van der Waals surface area contributed by atoms with E-state index in [1.165, 1.54) is 92.9 Å². The number of fused-ring (bicyclic) bond motifs is 3. The molecule has 1 aliphatic carbocycles. The van der Waals surface area contributed by atoms with Gasteiger partial charge in [0.15, 0.2) is 17.3 Å². The van der Waals surface area contributed by atoms with Gasteiger partial charge in [-0.2, -0.15) is 50.0 Å². The number of nitrogens with zero attached hydrogens (tertiary/aromatic N) is 11. The van der Waals surface area contributed by atoms with Crippen LogP contribution >= 0.6 is 11.6 Å². The molecule has 3 aromatic carbocycles. The van der Waals surface area contributed by atoms with E-state index in [1.807, 2.05) is 30.9 Å². The molecule has 0 atom stereocenters. The standard InChI is InChI=1S/C30H31F3N4O2.C28H31ClF3N3O2.C28H29F3N4O2/c1-36-18-24(21-9-11-37(12-10-21)26(39)14-19-5-2-3-6-19)27-28(30(31,32)33)23(17-35-29(27)36)15-25(38)22-8-4-7-20(13-22)16-34;1-16(2)17(3)35-8-6-18(7-9-35)23-15-34(4)27-25(23)26(28(30,31)32)20(14-33-27)12-24(36)19-10-21(29)13-22(11-19)37-5;1-17(2)11-24(37)35-9-7-19(8-10-35)22-16-34(3)27-25(22)26(28(29,30)31)21(15-33-27)13-23(36)20-6-4-5-18(12-20)14-32/h4,7-8,13,17-19,21H,2-3,5-6,9-12,14-15H2,1H3;10-11,13-16,18H,3,6-9,12H2,1-2,4-5H3;4-6,12,15-17,19H,7-11,13H2,1-3H3. The highest BCUT2D eigenvalue weighted by Crippen LogP contribution is 2.48. The molecular formula is C86H91ClF9N11O6. The number of allylic oxidation sites excluding steroid dienone is 1. The Kier molecular flexibility index (Phi) is 25.9. The normalized spacial score (nSPS) is 15.6. The van der Waals surface area contributed by atoms with Gasteiger partial charge in [-0.05, 0) is 163 Å². The number of halogens is 10. The van der Waals surface area contributed by atoms with Crippen molar-refractivity contribution >= 4 is 73.9 Å². The zero-order valence-electron chi connectivity index (χ0n) is 64.5. The zero-order valence-corrected chi connectivity index (χ0v) is 65.2. The number of carbonyl (C=O) groups is 5. The van der Waals surface area contributed by atoms with Crippen molar-refractivity contribution in [1.29, 1.82) is 10.5 Å². The summed E-state index contributed by atoms with van der Waals surface area (Å²) in [6.07, 6.45) is 2.44. The molecule has 9 aromatic rings. The van der Waals surface area contributed by atoms with Crippen molar-refractivity contribution in [2.45, 2.75) is 160 Å². The van der Waals surface area contributed by atoms with Crippen LogP contribution in [0.5, 0.6) is 5.75 Å². The highest BCUT2D eigenvalue weighted by atomic mass is 35.5. The fourth-order valence-electron chi connectivity index (χ4n) is 16.5. The maximum absolute atomic E-state index is 14.6. The highest BCUT2D eigenvalue weighted by Gasteiger charge is 2.43. The first kappa shape index (κ1) is 83.6. The number of amides is 2. The molecule has 596 valence electrons. The van der Waals surface area contributed by atoms with E-state index < -0.39 is 71.8 Å². The van der Waals surface area contributed by atoms with Gasteiger partial charge < -0.3 is 33.1 Å². The van der Waals surface area contributed by atoms with Gasteiger partial charge in [0.2, 0.25) is 11.8 Å². The molecule has 3 aliphatic heterocycles. The van der Waals surface area contributed by atoms with Crippen LogP contribution in [0.25, 0.3) is 33.1 Å². The number of pyridine rings is 3. The molecule has 17 nitrogen and oxygen atoms in total. The Labute approximate surface area is 655 Å². The van der Waals surface area contributed by atoms with Crippen LogP contribution in [-0.4, -0.2) is 119 Å². The van der Waals surface area contributed by atoms with Gasteiger partial charge in [-0.25, -0.2) is 15.0 Å². The number of benzene rings is 3. The Balaban J connectivity index is 0.000000167. The molecule has 6 aromatic heterocycles. The highest BCUT2D eigenvalue weighted by molar-refractivity contribution is 6.31. The van der Waals surface area contributed by atoms with E-state index in [1.54, 1.807) is 58.3 Å². The first-order valence-electron chi connectivity index (χ1n) is 38.1. The third kappa shape index (κ3) is 19.1. The molecule has 4 fully saturated rings. The number of piperidine rings is 3. The van der Waals surface area contributed by atoms with Crippen molar-refractivity contribution in [3.05, 3.63) is 199 Å². The van der Waals surface area contributed by atoms with E-state index in [0.29, 0.717) is 112 Å². The van der Waals surface area contributed by atoms with E-state index in [0.717, 1.165) is 44.0 Å². The lowest BCUT2D eigenvalue weighted by molar-refractivity contribution is -0.137. The second-order valence-electron chi connectivity index (χ2n) is 30.9. The monoisotopic (exact) mass is 1580 g/mol. The van der Waals surface area contributed by atoms with Crippen LogP contribution in [0, 0.1) is 40.4 Å². The van der Waals surface area contributed by atoms with E-state index in [2.05, 4.69) is 40.3 Å². The average Bonchev–Trinajstić information content (AvgIpc) is 1.64. The molecule has 13 rings (SSSR count). The van der Waals surface area contributed by atoms with Gasteiger partial charge in [0.05, 0.1) is 47.1 Å². The number of ether oxygens (including phenoxy) is 1. The quantitative estimate of drug-likeness (QED) is 0.0548. The number of methoxy groups -OCH3 is 1. The Morgan fingerprint density at radius 3 is 1.23 bits per heavy atom. The largest absolute Gasteiger partial charge is 0.497 e. The smallest absolute Gasteiger partial charge is 0.417 e. The summed E-state index contributed by atoms with van der Waals surface area (Å²) in [4.78, 5) is 83.2. The third-order valence-electron chi connectivity index (χ3n) is 22.3. The second kappa shape index (κ2) is 35.0. The van der Waals surface area contributed by atoms with E-state index in [-0.39, 0.29) is 118 Å². The number of ketones is 3. The maximum atomic E-state index is 14.6. The van der Waals surface area contributed by atoms with Gasteiger partial charge in [-0.1, -0.05) is 83.0 Å². The number of Topliss-reactive ketones (excluding diaryl/α,β-unsaturated/α-hetero) is 3. The van der Waals surface area contributed by atoms with Gasteiger partial charge in [-0.15, -0.1) is 0 Å². The molecule has 2 amide bonds. The number of nitriles is 2. The van der Waals surface area contributed by atoms with Crippen molar-refractivity contribution in [2.75, 3.05) is 46.4 Å². The number of likely N-dealkylation sites (tertiary alicyclic amines) is 3. The number of aryl methyl sites for hydroxylation is 3. The number of carbonyl (C=O) groups excluding carboxylic acids is 5. The molecule has 1 saturated carbocycles. The Bertz CT molecular complexity index is 5160. The minimum Gasteiger partial charge on any atom is -0.497 e. The predicted octanol–water partition coefficient (Wildman–Crippen LogP) is 18.8. The number of rotatable bonds is 19. The molecule has 9 heterocycles. The number of alkyl halides is 9. The van der Waals surface area contributed by atoms with Crippen LogP contribution in [0.4, 0.5) is 39.5 Å². The van der Waals surface area contributed by atoms with E-state index in [9.17, 15) is 63.5 Å². The van der Waals surface area contributed by atoms with Crippen molar-refractivity contribution < 1.29 is 68.2 Å². The van der Waals surface area contributed by atoms with Gasteiger partial charge in [-0.3, -0.25) is 24.0 Å². The SMILES string of the molecule is C=C(C(C)C)N1CCC(c2cn(C)c3ncc(CC(=O)c4cc(Cl)cc(OC)c4)c(C(F)(F)F)c23)CC1.CC(C)CC(=O)N1CCC(c2cn(C)c3ncc(CC(=O)c4cccc(C#N)c4)c(C(F)(F)F)c23)CC1.Cn1cc(C2CCN(C(=O)CC3CCCC3)CC2)c2c(C(F)(F)F)c(CC(=O)c3cccc(C#N)c3)cnc21. The topological polar surface area (TPSA) is 205 Å². The minimum absolute atomic E-state index is 0.0260. The number of aromatic nitrogens is 6. The van der Waals surface area contributed by atoms with Crippen molar-refractivity contribution in [3.63, 3.8) is 0 Å². The molecular weight excluding hydrogens is 1490 g/mol. The van der Waals surface area contributed by atoms with Crippen LogP contribution in [0.15, 0.2) is 116 Å². The molecule has 4 aliphatic rings. The van der Waals surface area contributed by atoms with Crippen LogP contribution in [0.2, 0.25) is 5.02 Å². The van der Waals surface area contributed by atoms with Gasteiger partial charge in [0.25, 0.3) is 0 Å². The van der Waals surface area contributed by atoms with Crippen molar-refractivity contribution in [2.24, 2.45) is 38.9 Å². The van der Waals surface area contributed by atoms with Crippen LogP contribution in [0.3, 0.4) is 0 Å². The summed E-state index contributed by atoms with van der Waals surface area (Å²) in [6, 6.07) is 20.2. The molecule has 0 unspecified atom stereocenters. The Morgan fingerprint density at radius 1 is 0.522 bits per heavy atom. The van der Waals surface area contributed by atoms with E-state index >= 15 is 0 Å². The Morgan fingerprint density at radius 2 is 0.885 bits per heavy atom. The maximum Gasteiger partial charge on any atom is 0.417 e. The van der Waals surface area contributed by atoms with E-state index in [4.69, 9.17) is 26.9 Å². The summed E-state index contributed by atoms with van der Waals surface area (Å²) < 4.78 is 141. The molecule has 113 heavy (non-hydrogen) atoms. The molecule has 0 spiro atoms. The third-order valence-corrected chi connectivity index (χ3v) is 22.6. The molecule has 0 N–H and O–H groups in total. The molecule has 27 heteroatoms. The van der Waals surface area contributed by atoms with Gasteiger partial charge >= 0.3 is 18.5 Å². The minimum atomic E-state index is -4.70.